The van der Waals surface area contributed by atoms with E-state index in [1.54, 1.807) is 11.5 Å². The topological polar surface area (TPSA) is 65.5 Å². The van der Waals surface area contributed by atoms with Crippen LogP contribution in [0.5, 0.6) is 0 Å². The van der Waals surface area contributed by atoms with Crippen LogP contribution in [-0.2, 0) is 13.0 Å². The largest absolute Gasteiger partial charge is 0.299 e. The molecule has 1 aromatic rings. The molecule has 1 atom stereocenters. The van der Waals surface area contributed by atoms with Crippen molar-refractivity contribution in [2.24, 2.45) is 0 Å². The Kier molecular flexibility index (Phi) is 3.40. The van der Waals surface area contributed by atoms with Crippen LogP contribution < -0.4 is 5.48 Å². The van der Waals surface area contributed by atoms with Gasteiger partial charge in [0.15, 0.2) is 0 Å². The van der Waals surface area contributed by atoms with Crippen molar-refractivity contribution in [2.45, 2.75) is 32.4 Å². The van der Waals surface area contributed by atoms with Gasteiger partial charge in [-0.3, -0.25) is 19.9 Å². The average molecular weight is 235 g/mol. The number of amides is 1. The van der Waals surface area contributed by atoms with E-state index in [0.29, 0.717) is 11.6 Å². The molecule has 0 saturated carbocycles. The monoisotopic (exact) mass is 235 g/mol. The first kappa shape index (κ1) is 12.0. The van der Waals surface area contributed by atoms with Crippen LogP contribution in [0.15, 0.2) is 12.3 Å². The molecular weight excluding hydrogens is 218 g/mol. The van der Waals surface area contributed by atoms with E-state index < -0.39 is 5.91 Å². The molecule has 1 aromatic heterocycles. The Morgan fingerprint density at radius 1 is 1.71 bits per heavy atom. The smallest absolute Gasteiger partial charge is 0.276 e. The molecule has 1 amide bonds. The molecule has 5 heteroatoms. The average Bonchev–Trinajstić information content (AvgIpc) is 2.36. The standard InChI is InChI=1S/C12H17N3O2/c1-3-10-5-11-9(7-15(10)2)4-8(6-13-11)12(16)14-17/h4,6,10,17H,3,5,7H2,1-2H3,(H,14,16)/t10-/m1/s1. The van der Waals surface area contributed by atoms with Crippen molar-refractivity contribution in [2.75, 3.05) is 7.05 Å². The quantitative estimate of drug-likeness (QED) is 0.592. The Morgan fingerprint density at radius 3 is 3.12 bits per heavy atom. The molecular formula is C12H17N3O2. The molecule has 2 rings (SSSR count). The van der Waals surface area contributed by atoms with Gasteiger partial charge in [-0.05, 0) is 25.1 Å². The number of rotatable bonds is 2. The van der Waals surface area contributed by atoms with E-state index in [2.05, 4.69) is 23.9 Å². The summed E-state index contributed by atoms with van der Waals surface area (Å²) < 4.78 is 0. The number of hydrogen-bond donors (Lipinski definition) is 2. The summed E-state index contributed by atoms with van der Waals surface area (Å²) in [6.07, 6.45) is 3.53. The van der Waals surface area contributed by atoms with E-state index in [0.717, 1.165) is 30.6 Å². The normalized spacial score (nSPS) is 19.8. The van der Waals surface area contributed by atoms with Gasteiger partial charge in [0.1, 0.15) is 0 Å². The van der Waals surface area contributed by atoms with Crippen LogP contribution in [0.4, 0.5) is 0 Å². The first-order chi connectivity index (χ1) is 8.15. The molecule has 1 aliphatic heterocycles. The van der Waals surface area contributed by atoms with Gasteiger partial charge in [-0.2, -0.15) is 0 Å². The maximum Gasteiger partial charge on any atom is 0.276 e. The third-order valence-electron chi connectivity index (χ3n) is 3.37. The molecule has 0 aromatic carbocycles. The number of pyridine rings is 1. The van der Waals surface area contributed by atoms with Crippen molar-refractivity contribution in [1.29, 1.82) is 0 Å². The summed E-state index contributed by atoms with van der Waals surface area (Å²) in [6.45, 7) is 2.97. The van der Waals surface area contributed by atoms with Crippen LogP contribution in [0.2, 0.25) is 0 Å². The molecule has 0 spiro atoms. The lowest BCUT2D eigenvalue weighted by Crippen LogP contribution is -2.37. The Morgan fingerprint density at radius 2 is 2.47 bits per heavy atom. The van der Waals surface area contributed by atoms with Crippen molar-refractivity contribution < 1.29 is 10.0 Å². The fourth-order valence-corrected chi connectivity index (χ4v) is 2.28. The third kappa shape index (κ3) is 2.30. The van der Waals surface area contributed by atoms with E-state index in [-0.39, 0.29) is 0 Å². The van der Waals surface area contributed by atoms with Gasteiger partial charge in [-0.1, -0.05) is 6.92 Å². The minimum absolute atomic E-state index is 0.398. The Hall–Kier alpha value is -1.46. The van der Waals surface area contributed by atoms with Gasteiger partial charge >= 0.3 is 0 Å². The van der Waals surface area contributed by atoms with Crippen LogP contribution in [0.3, 0.4) is 0 Å². The predicted molar refractivity (Wildman–Crippen MR) is 62.7 cm³/mol. The Bertz CT molecular complexity index is 434. The van der Waals surface area contributed by atoms with Gasteiger partial charge < -0.3 is 0 Å². The lowest BCUT2D eigenvalue weighted by atomic mass is 9.96. The Labute approximate surface area is 100 Å². The highest BCUT2D eigenvalue weighted by atomic mass is 16.5. The predicted octanol–water partition coefficient (Wildman–Crippen LogP) is 0.967. The molecule has 17 heavy (non-hydrogen) atoms. The number of hydroxylamine groups is 1. The molecule has 0 radical (unpaired) electrons. The second-order valence-electron chi connectivity index (χ2n) is 4.45. The fourth-order valence-electron chi connectivity index (χ4n) is 2.28. The first-order valence-corrected chi connectivity index (χ1v) is 5.78. The van der Waals surface area contributed by atoms with Crippen molar-refractivity contribution >= 4 is 5.91 Å². The van der Waals surface area contributed by atoms with Gasteiger partial charge in [0.05, 0.1) is 5.56 Å². The maximum atomic E-state index is 11.3. The molecule has 2 heterocycles. The lowest BCUT2D eigenvalue weighted by molar-refractivity contribution is 0.0705. The van der Waals surface area contributed by atoms with Gasteiger partial charge in [0.25, 0.3) is 5.91 Å². The van der Waals surface area contributed by atoms with Gasteiger partial charge in [0, 0.05) is 30.9 Å². The molecule has 92 valence electrons. The number of carbonyl (C=O) groups is 1. The van der Waals surface area contributed by atoms with Gasteiger partial charge in [-0.25, -0.2) is 5.48 Å². The second-order valence-corrected chi connectivity index (χ2v) is 4.45. The molecule has 0 unspecified atom stereocenters. The van der Waals surface area contributed by atoms with E-state index in [4.69, 9.17) is 5.21 Å². The summed E-state index contributed by atoms with van der Waals surface area (Å²) in [5, 5.41) is 8.59. The highest BCUT2D eigenvalue weighted by Gasteiger charge is 2.23. The summed E-state index contributed by atoms with van der Waals surface area (Å²) >= 11 is 0. The van der Waals surface area contributed by atoms with Crippen LogP contribution in [0.1, 0.15) is 35.0 Å². The zero-order valence-corrected chi connectivity index (χ0v) is 10.1. The molecule has 1 aliphatic rings. The number of carbonyl (C=O) groups excluding carboxylic acids is 1. The van der Waals surface area contributed by atoms with E-state index >= 15 is 0 Å². The molecule has 2 N–H and O–H groups in total. The number of nitrogens with one attached hydrogen (secondary N) is 1. The number of fused-ring (bicyclic) bond motifs is 1. The number of aromatic nitrogens is 1. The third-order valence-corrected chi connectivity index (χ3v) is 3.37. The Balaban J connectivity index is 2.29. The van der Waals surface area contributed by atoms with E-state index in [9.17, 15) is 4.79 Å². The molecule has 0 aliphatic carbocycles. The van der Waals surface area contributed by atoms with Crippen molar-refractivity contribution in [3.8, 4) is 0 Å². The SMILES string of the molecule is CC[C@@H]1Cc2ncc(C(=O)NO)cc2CN1C. The summed E-state index contributed by atoms with van der Waals surface area (Å²) in [4.78, 5) is 17.9. The molecule has 0 bridgehead atoms. The van der Waals surface area contributed by atoms with E-state index in [1.165, 1.54) is 6.20 Å². The maximum absolute atomic E-state index is 11.3. The van der Waals surface area contributed by atoms with Gasteiger partial charge in [0.2, 0.25) is 0 Å². The van der Waals surface area contributed by atoms with Crippen LogP contribution in [0, 0.1) is 0 Å². The summed E-state index contributed by atoms with van der Waals surface area (Å²) in [5.74, 6) is -0.513. The van der Waals surface area contributed by atoms with E-state index in [1.807, 2.05) is 0 Å². The van der Waals surface area contributed by atoms with Crippen LogP contribution >= 0.6 is 0 Å². The second kappa shape index (κ2) is 4.81. The van der Waals surface area contributed by atoms with Crippen LogP contribution in [0.25, 0.3) is 0 Å². The number of hydrogen-bond acceptors (Lipinski definition) is 4. The van der Waals surface area contributed by atoms with Crippen molar-refractivity contribution in [3.05, 3.63) is 29.1 Å². The molecule has 5 nitrogen and oxygen atoms in total. The van der Waals surface area contributed by atoms with Crippen molar-refractivity contribution in [3.63, 3.8) is 0 Å². The molecule has 0 saturated heterocycles. The highest BCUT2D eigenvalue weighted by Crippen LogP contribution is 2.22. The summed E-state index contributed by atoms with van der Waals surface area (Å²) in [7, 11) is 2.08. The van der Waals surface area contributed by atoms with Crippen molar-refractivity contribution in [1.82, 2.24) is 15.4 Å². The summed E-state index contributed by atoms with van der Waals surface area (Å²) in [5.41, 5.74) is 4.15. The zero-order chi connectivity index (χ0) is 12.4. The number of likely N-dealkylation sites (N-methyl/N-ethyl adjacent to an activating group) is 1. The fraction of sp³-hybridized carbons (Fsp3) is 0.500. The van der Waals surface area contributed by atoms with Crippen LogP contribution in [-0.4, -0.2) is 34.1 Å². The number of nitrogens with zero attached hydrogens (tertiary/aromatic N) is 2. The lowest BCUT2D eigenvalue weighted by Gasteiger charge is -2.32. The minimum atomic E-state index is -0.513. The first-order valence-electron chi connectivity index (χ1n) is 5.78. The molecule has 0 fully saturated rings. The minimum Gasteiger partial charge on any atom is -0.299 e. The highest BCUT2D eigenvalue weighted by molar-refractivity contribution is 5.93. The van der Waals surface area contributed by atoms with Gasteiger partial charge in [-0.15, -0.1) is 0 Å². The zero-order valence-electron chi connectivity index (χ0n) is 10.1. The summed E-state index contributed by atoms with van der Waals surface area (Å²) in [6, 6.07) is 2.32.